The molecule has 4 aliphatic rings. The molecule has 3 nitrogen and oxygen atoms in total. The van der Waals surface area contributed by atoms with E-state index in [-0.39, 0.29) is 5.54 Å². The van der Waals surface area contributed by atoms with Gasteiger partial charge in [-0.1, -0.05) is 60.7 Å². The first-order valence-electron chi connectivity index (χ1n) is 12.4. The lowest BCUT2D eigenvalue weighted by molar-refractivity contribution is -0.0321. The van der Waals surface area contributed by atoms with Crippen LogP contribution in [0.1, 0.15) is 55.1 Å². The molecule has 1 aliphatic heterocycles. The zero-order valence-electron chi connectivity index (χ0n) is 19.3. The average Bonchev–Trinajstić information content (AvgIpc) is 3.33. The summed E-state index contributed by atoms with van der Waals surface area (Å²) in [5, 5.41) is 4.09. The fourth-order valence-electron chi connectivity index (χ4n) is 6.98. The molecule has 31 heavy (non-hydrogen) atoms. The number of hydrogen-bond acceptors (Lipinski definition) is 3. The van der Waals surface area contributed by atoms with Crippen LogP contribution >= 0.6 is 0 Å². The molecule has 3 aliphatic carbocycles. The van der Waals surface area contributed by atoms with Crippen molar-refractivity contribution in [2.45, 2.75) is 55.5 Å². The molecule has 1 saturated heterocycles. The maximum absolute atomic E-state index is 4.09. The first-order chi connectivity index (χ1) is 15.2. The Morgan fingerprint density at radius 2 is 1.39 bits per heavy atom. The molecule has 0 aromatic heterocycles. The van der Waals surface area contributed by atoms with Gasteiger partial charge in [0.25, 0.3) is 0 Å². The zero-order valence-corrected chi connectivity index (χ0v) is 19.3. The van der Waals surface area contributed by atoms with E-state index in [0.29, 0.717) is 23.8 Å². The lowest BCUT2D eigenvalue weighted by Crippen LogP contribution is -2.64. The SMILES string of the molecule is CN(C)C12CC(NCCN3CCCC3)C(C(c3ccccc3)C1)C(c1ccccc1)C2. The molecule has 4 fully saturated rings. The Hall–Kier alpha value is -1.68. The molecule has 1 N–H and O–H groups in total. The third kappa shape index (κ3) is 4.20. The summed E-state index contributed by atoms with van der Waals surface area (Å²) in [7, 11) is 4.63. The van der Waals surface area contributed by atoms with Gasteiger partial charge >= 0.3 is 0 Å². The Kier molecular flexibility index (Phi) is 6.19. The van der Waals surface area contributed by atoms with E-state index in [1.54, 1.807) is 0 Å². The number of rotatable bonds is 7. The van der Waals surface area contributed by atoms with Gasteiger partial charge in [-0.25, -0.2) is 0 Å². The van der Waals surface area contributed by atoms with Gasteiger partial charge in [0.05, 0.1) is 0 Å². The Labute approximate surface area is 188 Å². The average molecular weight is 418 g/mol. The summed E-state index contributed by atoms with van der Waals surface area (Å²) in [6.45, 7) is 4.89. The number of benzene rings is 2. The van der Waals surface area contributed by atoms with Crippen LogP contribution in [0.15, 0.2) is 60.7 Å². The van der Waals surface area contributed by atoms with Gasteiger partial charge in [-0.3, -0.25) is 0 Å². The highest BCUT2D eigenvalue weighted by Crippen LogP contribution is 2.59. The lowest BCUT2D eigenvalue weighted by atomic mass is 9.51. The number of nitrogens with one attached hydrogen (secondary N) is 1. The maximum Gasteiger partial charge on any atom is 0.0230 e. The van der Waals surface area contributed by atoms with E-state index in [9.17, 15) is 0 Å². The molecule has 166 valence electrons. The molecule has 0 spiro atoms. The van der Waals surface area contributed by atoms with Gasteiger partial charge in [-0.05, 0) is 88.2 Å². The van der Waals surface area contributed by atoms with Crippen molar-refractivity contribution >= 4 is 0 Å². The van der Waals surface area contributed by atoms with Crippen LogP contribution in [-0.2, 0) is 0 Å². The zero-order chi connectivity index (χ0) is 21.3. The van der Waals surface area contributed by atoms with Gasteiger partial charge in [0, 0.05) is 24.7 Å². The Morgan fingerprint density at radius 3 is 1.90 bits per heavy atom. The second-order valence-corrected chi connectivity index (χ2v) is 10.5. The second-order valence-electron chi connectivity index (χ2n) is 10.5. The lowest BCUT2D eigenvalue weighted by Gasteiger charge is -2.61. The Morgan fingerprint density at radius 1 is 0.839 bits per heavy atom. The number of hydrogen-bond donors (Lipinski definition) is 1. The highest BCUT2D eigenvalue weighted by atomic mass is 15.2. The molecule has 3 unspecified atom stereocenters. The fraction of sp³-hybridized carbons (Fsp3) is 0.571. The number of nitrogens with zero attached hydrogens (tertiary/aromatic N) is 2. The minimum atomic E-state index is 0.265. The van der Waals surface area contributed by atoms with E-state index in [1.165, 1.54) is 62.9 Å². The summed E-state index contributed by atoms with van der Waals surface area (Å²) >= 11 is 0. The van der Waals surface area contributed by atoms with E-state index in [4.69, 9.17) is 0 Å². The summed E-state index contributed by atoms with van der Waals surface area (Å²) in [5.41, 5.74) is 3.33. The smallest absolute Gasteiger partial charge is 0.0230 e. The van der Waals surface area contributed by atoms with Crippen molar-refractivity contribution in [3.8, 4) is 0 Å². The van der Waals surface area contributed by atoms with Crippen molar-refractivity contribution in [3.05, 3.63) is 71.8 Å². The highest BCUT2D eigenvalue weighted by Gasteiger charge is 2.56. The van der Waals surface area contributed by atoms with Gasteiger partial charge < -0.3 is 15.1 Å². The minimum Gasteiger partial charge on any atom is -0.312 e. The third-order valence-electron chi connectivity index (χ3n) is 8.63. The van der Waals surface area contributed by atoms with Crippen molar-refractivity contribution in [2.75, 3.05) is 40.3 Å². The predicted molar refractivity (Wildman–Crippen MR) is 130 cm³/mol. The van der Waals surface area contributed by atoms with E-state index >= 15 is 0 Å². The highest BCUT2D eigenvalue weighted by molar-refractivity contribution is 5.33. The van der Waals surface area contributed by atoms with Crippen molar-refractivity contribution in [1.29, 1.82) is 0 Å². The third-order valence-corrected chi connectivity index (χ3v) is 8.63. The molecule has 2 bridgehead atoms. The minimum absolute atomic E-state index is 0.265. The quantitative estimate of drug-likeness (QED) is 0.703. The maximum atomic E-state index is 4.09. The first-order valence-corrected chi connectivity index (χ1v) is 12.4. The van der Waals surface area contributed by atoms with Gasteiger partial charge in [-0.2, -0.15) is 0 Å². The molecule has 3 saturated carbocycles. The standard InChI is InChI=1S/C28H39N3/c1-30(2)28-19-24(22-11-5-3-6-12-22)27(25(20-28)23-13-7-4-8-14-23)26(21-28)29-15-18-31-16-9-10-17-31/h3-8,11-14,24-27,29H,9-10,15-21H2,1-2H3. The fourth-order valence-corrected chi connectivity index (χ4v) is 6.98. The van der Waals surface area contributed by atoms with Crippen molar-refractivity contribution in [1.82, 2.24) is 15.1 Å². The number of likely N-dealkylation sites (tertiary alicyclic amines) is 1. The van der Waals surface area contributed by atoms with Crippen LogP contribution in [0.5, 0.6) is 0 Å². The Bertz CT molecular complexity index is 778. The first kappa shape index (κ1) is 21.2. The van der Waals surface area contributed by atoms with E-state index in [0.717, 1.165) is 6.54 Å². The van der Waals surface area contributed by atoms with Crippen LogP contribution < -0.4 is 5.32 Å². The van der Waals surface area contributed by atoms with Gasteiger partial charge in [-0.15, -0.1) is 0 Å². The normalized spacial score (nSPS) is 33.3. The molecule has 0 radical (unpaired) electrons. The topological polar surface area (TPSA) is 18.5 Å². The summed E-state index contributed by atoms with van der Waals surface area (Å²) in [6.07, 6.45) is 6.59. The largest absolute Gasteiger partial charge is 0.312 e. The van der Waals surface area contributed by atoms with Crippen LogP contribution in [0, 0.1) is 5.92 Å². The molecular weight excluding hydrogens is 378 g/mol. The van der Waals surface area contributed by atoms with Crippen molar-refractivity contribution in [3.63, 3.8) is 0 Å². The summed E-state index contributed by atoms with van der Waals surface area (Å²) in [6, 6.07) is 23.3. The van der Waals surface area contributed by atoms with E-state index < -0.39 is 0 Å². The van der Waals surface area contributed by atoms with Gasteiger partial charge in [0.2, 0.25) is 0 Å². The molecule has 2 aromatic carbocycles. The Balaban J connectivity index is 1.46. The molecular formula is C28H39N3. The van der Waals surface area contributed by atoms with Crippen molar-refractivity contribution in [2.24, 2.45) is 5.92 Å². The van der Waals surface area contributed by atoms with Crippen LogP contribution in [0.25, 0.3) is 0 Å². The molecule has 1 heterocycles. The molecule has 0 amide bonds. The van der Waals surface area contributed by atoms with Crippen molar-refractivity contribution < 1.29 is 0 Å². The van der Waals surface area contributed by atoms with Crippen LogP contribution in [0.4, 0.5) is 0 Å². The second kappa shape index (κ2) is 9.05. The van der Waals surface area contributed by atoms with Crippen LogP contribution in [0.3, 0.4) is 0 Å². The molecule has 3 heteroatoms. The predicted octanol–water partition coefficient (Wildman–Crippen LogP) is 4.72. The summed E-state index contributed by atoms with van der Waals surface area (Å²) < 4.78 is 0. The van der Waals surface area contributed by atoms with E-state index in [2.05, 4.69) is 89.9 Å². The monoisotopic (exact) mass is 417 g/mol. The molecule has 6 rings (SSSR count). The molecule has 3 atom stereocenters. The number of fused-ring (bicyclic) bond motifs is 3. The summed E-state index contributed by atoms with van der Waals surface area (Å²) in [4.78, 5) is 5.20. The van der Waals surface area contributed by atoms with Crippen LogP contribution in [0.2, 0.25) is 0 Å². The molecule has 2 aromatic rings. The van der Waals surface area contributed by atoms with Gasteiger partial charge in [0.1, 0.15) is 0 Å². The van der Waals surface area contributed by atoms with E-state index in [1.807, 2.05) is 0 Å². The van der Waals surface area contributed by atoms with Gasteiger partial charge in [0.15, 0.2) is 0 Å². The summed E-state index contributed by atoms with van der Waals surface area (Å²) in [5.74, 6) is 1.88. The van der Waals surface area contributed by atoms with Crippen LogP contribution in [-0.4, -0.2) is 61.7 Å².